The Balaban J connectivity index is 2.19. The highest BCUT2D eigenvalue weighted by Crippen LogP contribution is 2.19. The second kappa shape index (κ2) is 5.07. The van der Waals surface area contributed by atoms with E-state index in [1.165, 1.54) is 0 Å². The van der Waals surface area contributed by atoms with Crippen molar-refractivity contribution < 1.29 is 18.0 Å². The van der Waals surface area contributed by atoms with Crippen LogP contribution in [0.4, 0.5) is 0 Å². The second-order valence-corrected chi connectivity index (χ2v) is 6.28. The summed E-state index contributed by atoms with van der Waals surface area (Å²) in [4.78, 5) is 0. The molecule has 1 fully saturated rings. The van der Waals surface area contributed by atoms with Gasteiger partial charge in [-0.15, -0.1) is 0 Å². The van der Waals surface area contributed by atoms with Crippen molar-refractivity contribution in [2.45, 2.75) is 12.7 Å². The van der Waals surface area contributed by atoms with Gasteiger partial charge in [0.2, 0.25) is 0 Å². The van der Waals surface area contributed by atoms with E-state index in [1.54, 1.807) is 14.2 Å². The van der Waals surface area contributed by atoms with E-state index in [-0.39, 0.29) is 6.29 Å². The van der Waals surface area contributed by atoms with Crippen molar-refractivity contribution in [3.63, 3.8) is 0 Å². The first-order valence-corrected chi connectivity index (χ1v) is 6.98. The third-order valence-electron chi connectivity index (χ3n) is 2.61. The lowest BCUT2D eigenvalue weighted by Gasteiger charge is -2.35. The Morgan fingerprint density at radius 3 is 2.25 bits per heavy atom. The molecule has 0 amide bonds. The Kier molecular flexibility index (Phi) is 3.73. The molecule has 1 atom stereocenters. The predicted octanol–water partition coefficient (Wildman–Crippen LogP) is 0.888. The first kappa shape index (κ1) is 11.8. The van der Waals surface area contributed by atoms with Gasteiger partial charge in [0, 0.05) is 25.8 Å². The summed E-state index contributed by atoms with van der Waals surface area (Å²) in [6, 6.07) is 9.75. The van der Waals surface area contributed by atoms with E-state index in [0.29, 0.717) is 0 Å². The summed E-state index contributed by atoms with van der Waals surface area (Å²) in [6.07, 6.45) is 0.709. The molecule has 1 saturated heterocycles. The van der Waals surface area contributed by atoms with Crippen molar-refractivity contribution in [2.24, 2.45) is 0 Å². The molecule has 1 aromatic carbocycles. The van der Waals surface area contributed by atoms with Crippen LogP contribution in [0.15, 0.2) is 30.3 Å². The largest absolute Gasteiger partial charge is 0.538 e. The Labute approximate surface area is 96.5 Å². The van der Waals surface area contributed by atoms with Crippen LogP contribution in [0, 0.1) is 0 Å². The molecular weight excluding hydrogens is 224 g/mol. The molecule has 0 saturated carbocycles. The third-order valence-corrected chi connectivity index (χ3v) is 5.30. The fraction of sp³-hybridized carbons (Fsp3) is 0.455. The van der Waals surface area contributed by atoms with Crippen molar-refractivity contribution in [3.8, 4) is 0 Å². The van der Waals surface area contributed by atoms with Gasteiger partial charge in [-0.05, 0) is 0 Å². The van der Waals surface area contributed by atoms with Crippen LogP contribution < -0.4 is 5.19 Å². The molecule has 1 aliphatic heterocycles. The van der Waals surface area contributed by atoms with Gasteiger partial charge in [-0.25, -0.2) is 0 Å². The Morgan fingerprint density at radius 1 is 1.19 bits per heavy atom. The molecule has 0 radical (unpaired) electrons. The Hall–Kier alpha value is -0.723. The van der Waals surface area contributed by atoms with Crippen molar-refractivity contribution in [3.05, 3.63) is 30.3 Å². The van der Waals surface area contributed by atoms with Gasteiger partial charge in [0.25, 0.3) is 0 Å². The summed E-state index contributed by atoms with van der Waals surface area (Å²) in [5.74, 6) is 0. The van der Waals surface area contributed by atoms with Crippen LogP contribution in [0.3, 0.4) is 0 Å². The highest BCUT2D eigenvalue weighted by atomic mass is 28.4. The van der Waals surface area contributed by atoms with Crippen LogP contribution in [0.5, 0.6) is 0 Å². The van der Waals surface area contributed by atoms with Gasteiger partial charge in [0.05, 0.1) is 6.61 Å². The Morgan fingerprint density at radius 2 is 1.81 bits per heavy atom. The molecule has 2 rings (SSSR count). The van der Waals surface area contributed by atoms with E-state index >= 15 is 0 Å². The first-order chi connectivity index (χ1) is 7.80. The summed E-state index contributed by atoms with van der Waals surface area (Å²) in [5.41, 5.74) is 0. The highest BCUT2D eigenvalue weighted by molar-refractivity contribution is 6.75. The smallest absolute Gasteiger partial charge is 0.373 e. The minimum Gasteiger partial charge on any atom is -0.373 e. The molecule has 0 aliphatic carbocycles. The summed E-state index contributed by atoms with van der Waals surface area (Å²) in [7, 11) is 0.448. The lowest BCUT2D eigenvalue weighted by molar-refractivity contribution is -0.186. The maximum Gasteiger partial charge on any atom is 0.538 e. The van der Waals surface area contributed by atoms with Gasteiger partial charge in [-0.2, -0.15) is 0 Å². The first-order valence-electron chi connectivity index (χ1n) is 5.26. The highest BCUT2D eigenvalue weighted by Gasteiger charge is 2.45. The van der Waals surface area contributed by atoms with Crippen LogP contribution in [0.1, 0.15) is 6.42 Å². The lowest BCUT2D eigenvalue weighted by atomic mass is 10.4. The normalized spacial score (nSPS) is 20.5. The molecular formula is C11H16O4Si. The minimum atomic E-state index is -2.78. The summed E-state index contributed by atoms with van der Waals surface area (Å²) >= 11 is 0. The quantitative estimate of drug-likeness (QED) is 0.716. The Bertz CT molecular complexity index is 322. The van der Waals surface area contributed by atoms with Crippen molar-refractivity contribution >= 4 is 14.0 Å². The van der Waals surface area contributed by atoms with Gasteiger partial charge in [0.1, 0.15) is 0 Å². The SMILES string of the molecule is CO[Si](OC)(OC1CCO1)c1ccccc1. The zero-order valence-electron chi connectivity index (χ0n) is 9.51. The van der Waals surface area contributed by atoms with E-state index in [9.17, 15) is 0 Å². The molecule has 1 heterocycles. The molecule has 1 aromatic rings. The second-order valence-electron chi connectivity index (χ2n) is 3.54. The molecule has 1 unspecified atom stereocenters. The molecule has 0 aromatic heterocycles. The van der Waals surface area contributed by atoms with Crippen LogP contribution in [0.2, 0.25) is 0 Å². The van der Waals surface area contributed by atoms with Crippen LogP contribution in [-0.2, 0) is 18.0 Å². The fourth-order valence-electron chi connectivity index (χ4n) is 1.61. The summed E-state index contributed by atoms with van der Waals surface area (Å²) in [6.45, 7) is 0.747. The van der Waals surface area contributed by atoms with Gasteiger partial charge >= 0.3 is 8.80 Å². The number of hydrogen-bond acceptors (Lipinski definition) is 4. The fourth-order valence-corrected chi connectivity index (χ4v) is 3.70. The number of rotatable bonds is 5. The molecule has 0 spiro atoms. The maximum absolute atomic E-state index is 5.83. The van der Waals surface area contributed by atoms with Gasteiger partial charge < -0.3 is 18.0 Å². The van der Waals surface area contributed by atoms with Crippen molar-refractivity contribution in [2.75, 3.05) is 20.8 Å². The van der Waals surface area contributed by atoms with Gasteiger partial charge in [0.15, 0.2) is 6.29 Å². The molecule has 88 valence electrons. The minimum absolute atomic E-state index is 0.188. The van der Waals surface area contributed by atoms with Crippen LogP contribution in [-0.4, -0.2) is 35.9 Å². The van der Waals surface area contributed by atoms with Crippen LogP contribution in [0.25, 0.3) is 0 Å². The van der Waals surface area contributed by atoms with Gasteiger partial charge in [-0.1, -0.05) is 30.3 Å². The van der Waals surface area contributed by atoms with E-state index < -0.39 is 8.80 Å². The molecule has 1 aliphatic rings. The monoisotopic (exact) mass is 240 g/mol. The molecule has 0 N–H and O–H groups in total. The van der Waals surface area contributed by atoms with E-state index in [1.807, 2.05) is 30.3 Å². The van der Waals surface area contributed by atoms with Gasteiger partial charge in [-0.3, -0.25) is 0 Å². The molecule has 5 heteroatoms. The molecule has 0 bridgehead atoms. The van der Waals surface area contributed by atoms with Crippen molar-refractivity contribution in [1.29, 1.82) is 0 Å². The van der Waals surface area contributed by atoms with Crippen molar-refractivity contribution in [1.82, 2.24) is 0 Å². The maximum atomic E-state index is 5.83. The standard InChI is InChI=1S/C11H16O4Si/c1-12-16(13-2,15-11-8-9-14-11)10-6-4-3-5-7-10/h3-7,11H,8-9H2,1-2H3. The molecule has 16 heavy (non-hydrogen) atoms. The zero-order chi connectivity index (χ0) is 11.4. The number of hydrogen-bond donors (Lipinski definition) is 0. The summed E-state index contributed by atoms with van der Waals surface area (Å²) < 4.78 is 22.1. The van der Waals surface area contributed by atoms with E-state index in [4.69, 9.17) is 18.0 Å². The summed E-state index contributed by atoms with van der Waals surface area (Å²) in [5, 5.41) is 0.954. The average molecular weight is 240 g/mol. The predicted molar refractivity (Wildman–Crippen MR) is 61.3 cm³/mol. The molecule has 4 nitrogen and oxygen atoms in total. The van der Waals surface area contributed by atoms with E-state index in [0.717, 1.165) is 18.2 Å². The zero-order valence-corrected chi connectivity index (χ0v) is 10.5. The van der Waals surface area contributed by atoms with E-state index in [2.05, 4.69) is 0 Å². The number of ether oxygens (including phenoxy) is 1. The van der Waals surface area contributed by atoms with Crippen LogP contribution >= 0.6 is 0 Å². The lowest BCUT2D eigenvalue weighted by Crippen LogP contribution is -2.58. The third kappa shape index (κ3) is 2.18. The number of benzene rings is 1. The topological polar surface area (TPSA) is 36.9 Å². The average Bonchev–Trinajstić information content (AvgIpc) is 2.30.